The Morgan fingerprint density at radius 1 is 1.11 bits per heavy atom. The van der Waals surface area contributed by atoms with Gasteiger partial charge in [0.25, 0.3) is 5.69 Å². The topological polar surface area (TPSA) is 108 Å². The average Bonchev–Trinajstić information content (AvgIpc) is 3.20. The van der Waals surface area contributed by atoms with Crippen LogP contribution in [0.4, 0.5) is 16.2 Å². The van der Waals surface area contributed by atoms with Gasteiger partial charge < -0.3 is 10.2 Å². The summed E-state index contributed by atoms with van der Waals surface area (Å²) in [7, 11) is 0. The Morgan fingerprint density at radius 2 is 1.71 bits per heavy atom. The van der Waals surface area contributed by atoms with Crippen LogP contribution >= 0.6 is 0 Å². The lowest BCUT2D eigenvalue weighted by Gasteiger charge is -2.38. The van der Waals surface area contributed by atoms with E-state index in [1.165, 1.54) is 12.1 Å². The molecular weight excluding hydrogens is 362 g/mol. The summed E-state index contributed by atoms with van der Waals surface area (Å²) in [6.07, 6.45) is 4.19. The summed E-state index contributed by atoms with van der Waals surface area (Å²) in [5.41, 5.74) is 1.00. The van der Waals surface area contributed by atoms with Crippen molar-refractivity contribution in [3.8, 4) is 0 Å². The number of urea groups is 1. The van der Waals surface area contributed by atoms with Gasteiger partial charge in [-0.05, 0) is 31.9 Å². The van der Waals surface area contributed by atoms with E-state index in [0.29, 0.717) is 26.2 Å². The Kier molecular flexibility index (Phi) is 6.45. The highest BCUT2D eigenvalue weighted by Crippen LogP contribution is 2.21. The van der Waals surface area contributed by atoms with E-state index in [0.717, 1.165) is 31.4 Å². The summed E-state index contributed by atoms with van der Waals surface area (Å²) >= 11 is 0. The summed E-state index contributed by atoms with van der Waals surface area (Å²) in [5.74, 6) is -0.292. The molecule has 1 heterocycles. The lowest BCUT2D eigenvalue weighted by molar-refractivity contribution is -0.384. The largest absolute Gasteiger partial charge is 0.369 e. The second-order valence-corrected chi connectivity index (χ2v) is 7.42. The van der Waals surface area contributed by atoms with Crippen molar-refractivity contribution in [1.82, 2.24) is 15.5 Å². The number of rotatable bonds is 5. The van der Waals surface area contributed by atoms with Gasteiger partial charge in [-0.15, -0.1) is 0 Å². The number of anilines is 1. The molecular formula is C19H27N5O4. The van der Waals surface area contributed by atoms with Gasteiger partial charge in [-0.1, -0.05) is 12.8 Å². The molecule has 9 nitrogen and oxygen atoms in total. The van der Waals surface area contributed by atoms with Crippen LogP contribution in [0.1, 0.15) is 32.6 Å². The van der Waals surface area contributed by atoms with Crippen LogP contribution in [-0.2, 0) is 4.79 Å². The van der Waals surface area contributed by atoms with Gasteiger partial charge in [0.15, 0.2) is 0 Å². The Bertz CT molecular complexity index is 710. The summed E-state index contributed by atoms with van der Waals surface area (Å²) < 4.78 is 0. The molecule has 9 heteroatoms. The predicted octanol–water partition coefficient (Wildman–Crippen LogP) is 1.87. The Morgan fingerprint density at radius 3 is 2.29 bits per heavy atom. The standard InChI is InChI=1S/C19H27N5O4/c1-14(18(25)21-19(26)20-15-4-2-3-5-15)22-10-12-23(13-11-22)16-6-8-17(9-7-16)24(27)28/h6-9,14-15H,2-5,10-13H2,1H3,(H2,20,21,25,26). The number of nitrogens with zero attached hydrogens (tertiary/aromatic N) is 3. The third-order valence-corrected chi connectivity index (χ3v) is 5.59. The molecule has 1 aliphatic heterocycles. The molecule has 0 spiro atoms. The van der Waals surface area contributed by atoms with Gasteiger partial charge in [0.05, 0.1) is 11.0 Å². The van der Waals surface area contributed by atoms with Crippen molar-refractivity contribution in [3.63, 3.8) is 0 Å². The Balaban J connectivity index is 1.46. The first-order valence-electron chi connectivity index (χ1n) is 9.79. The van der Waals surface area contributed by atoms with Gasteiger partial charge in [-0.3, -0.25) is 25.1 Å². The van der Waals surface area contributed by atoms with Crippen molar-refractivity contribution >= 4 is 23.3 Å². The molecule has 3 rings (SSSR count). The van der Waals surface area contributed by atoms with Crippen LogP contribution in [0.5, 0.6) is 0 Å². The van der Waals surface area contributed by atoms with E-state index < -0.39 is 17.0 Å². The maximum Gasteiger partial charge on any atom is 0.321 e. The van der Waals surface area contributed by atoms with Crippen LogP contribution in [0.3, 0.4) is 0 Å². The lowest BCUT2D eigenvalue weighted by atomic mass is 10.2. The molecule has 2 fully saturated rings. The molecule has 1 aromatic carbocycles. The van der Waals surface area contributed by atoms with Crippen molar-refractivity contribution in [1.29, 1.82) is 0 Å². The van der Waals surface area contributed by atoms with Crippen molar-refractivity contribution < 1.29 is 14.5 Å². The molecule has 1 aliphatic carbocycles. The molecule has 1 atom stereocenters. The Labute approximate surface area is 164 Å². The van der Waals surface area contributed by atoms with Crippen LogP contribution in [0, 0.1) is 10.1 Å². The van der Waals surface area contributed by atoms with E-state index in [1.54, 1.807) is 19.1 Å². The summed E-state index contributed by atoms with van der Waals surface area (Å²) in [6.45, 7) is 4.58. The molecule has 1 aromatic rings. The highest BCUT2D eigenvalue weighted by molar-refractivity contribution is 5.96. The van der Waals surface area contributed by atoms with Crippen molar-refractivity contribution in [3.05, 3.63) is 34.4 Å². The second-order valence-electron chi connectivity index (χ2n) is 7.42. The van der Waals surface area contributed by atoms with Crippen LogP contribution in [-0.4, -0.2) is 60.0 Å². The first-order chi connectivity index (χ1) is 13.4. The third kappa shape index (κ3) is 4.98. The minimum Gasteiger partial charge on any atom is -0.369 e. The summed E-state index contributed by atoms with van der Waals surface area (Å²) in [6, 6.07) is 5.87. The van der Waals surface area contributed by atoms with Gasteiger partial charge in [0.1, 0.15) is 0 Å². The molecule has 0 aromatic heterocycles. The van der Waals surface area contributed by atoms with Crippen LogP contribution < -0.4 is 15.5 Å². The fraction of sp³-hybridized carbons (Fsp3) is 0.579. The van der Waals surface area contributed by atoms with Gasteiger partial charge in [0.2, 0.25) is 5.91 Å². The molecule has 28 heavy (non-hydrogen) atoms. The van der Waals surface area contributed by atoms with Gasteiger partial charge in [-0.25, -0.2) is 4.79 Å². The van der Waals surface area contributed by atoms with E-state index in [4.69, 9.17) is 0 Å². The van der Waals surface area contributed by atoms with Crippen LogP contribution in [0.2, 0.25) is 0 Å². The zero-order chi connectivity index (χ0) is 20.1. The number of non-ortho nitro benzene ring substituents is 1. The monoisotopic (exact) mass is 389 g/mol. The van der Waals surface area contributed by atoms with Gasteiger partial charge in [0, 0.05) is 50.0 Å². The van der Waals surface area contributed by atoms with Crippen molar-refractivity contribution in [2.24, 2.45) is 0 Å². The minimum atomic E-state index is -0.412. The van der Waals surface area contributed by atoms with E-state index in [2.05, 4.69) is 15.5 Å². The predicted molar refractivity (Wildman–Crippen MR) is 105 cm³/mol. The molecule has 152 valence electrons. The number of imide groups is 1. The normalized spacial score (nSPS) is 19.2. The molecule has 1 unspecified atom stereocenters. The van der Waals surface area contributed by atoms with Crippen LogP contribution in [0.15, 0.2) is 24.3 Å². The van der Waals surface area contributed by atoms with Gasteiger partial charge >= 0.3 is 6.03 Å². The number of amides is 3. The number of carbonyl (C=O) groups excluding carboxylic acids is 2. The lowest BCUT2D eigenvalue weighted by Crippen LogP contribution is -2.56. The first kappa shape index (κ1) is 20.1. The number of hydrogen-bond acceptors (Lipinski definition) is 6. The number of hydrogen-bond donors (Lipinski definition) is 2. The number of nitro groups is 1. The Hall–Kier alpha value is -2.68. The second kappa shape index (κ2) is 9.01. The SMILES string of the molecule is CC(C(=O)NC(=O)NC1CCCC1)N1CCN(c2ccc([N+](=O)[O-])cc2)CC1. The molecule has 0 radical (unpaired) electrons. The third-order valence-electron chi connectivity index (χ3n) is 5.59. The minimum absolute atomic E-state index is 0.0727. The quantitative estimate of drug-likeness (QED) is 0.588. The maximum absolute atomic E-state index is 12.4. The molecule has 0 bridgehead atoms. The molecule has 2 N–H and O–H groups in total. The average molecular weight is 389 g/mol. The zero-order valence-electron chi connectivity index (χ0n) is 16.1. The number of benzene rings is 1. The van der Waals surface area contributed by atoms with Crippen molar-refractivity contribution in [2.75, 3.05) is 31.1 Å². The molecule has 1 saturated heterocycles. The number of piperazine rings is 1. The van der Waals surface area contributed by atoms with E-state index in [1.807, 2.05) is 4.90 Å². The molecule has 2 aliphatic rings. The fourth-order valence-corrected chi connectivity index (χ4v) is 3.83. The van der Waals surface area contributed by atoms with E-state index in [9.17, 15) is 19.7 Å². The smallest absolute Gasteiger partial charge is 0.321 e. The summed E-state index contributed by atoms with van der Waals surface area (Å²) in [4.78, 5) is 38.9. The van der Waals surface area contributed by atoms with E-state index >= 15 is 0 Å². The van der Waals surface area contributed by atoms with Crippen LogP contribution in [0.25, 0.3) is 0 Å². The van der Waals surface area contributed by atoms with Gasteiger partial charge in [-0.2, -0.15) is 0 Å². The highest BCUT2D eigenvalue weighted by atomic mass is 16.6. The number of nitrogens with one attached hydrogen (secondary N) is 2. The van der Waals surface area contributed by atoms with E-state index in [-0.39, 0.29) is 17.6 Å². The fourth-order valence-electron chi connectivity index (χ4n) is 3.83. The highest BCUT2D eigenvalue weighted by Gasteiger charge is 2.27. The molecule has 3 amide bonds. The zero-order valence-corrected chi connectivity index (χ0v) is 16.1. The number of nitro benzene ring substituents is 1. The number of carbonyl (C=O) groups is 2. The van der Waals surface area contributed by atoms with Crippen molar-refractivity contribution in [2.45, 2.75) is 44.7 Å². The summed E-state index contributed by atoms with van der Waals surface area (Å²) in [5, 5.41) is 16.1. The first-order valence-corrected chi connectivity index (χ1v) is 9.79. The maximum atomic E-state index is 12.4. The molecule has 1 saturated carbocycles.